The monoisotopic (exact) mass is 562 g/mol. The van der Waals surface area contributed by atoms with Gasteiger partial charge in [-0.3, -0.25) is 19.3 Å². The quantitative estimate of drug-likeness (QED) is 0.154. The predicted octanol–water partition coefficient (Wildman–Crippen LogP) is 4.59. The van der Waals surface area contributed by atoms with E-state index in [1.165, 1.54) is 4.90 Å². The highest BCUT2D eigenvalue weighted by Gasteiger charge is 2.51. The Hall–Kier alpha value is -3.56. The predicted molar refractivity (Wildman–Crippen MR) is 155 cm³/mol. The van der Waals surface area contributed by atoms with Crippen LogP contribution in [0, 0.1) is 0 Å². The molecule has 2 atom stereocenters. The summed E-state index contributed by atoms with van der Waals surface area (Å²) in [7, 11) is -1.01. The Bertz CT molecular complexity index is 1320. The van der Waals surface area contributed by atoms with E-state index in [9.17, 15) is 19.2 Å². The van der Waals surface area contributed by atoms with Gasteiger partial charge in [0.1, 0.15) is 17.3 Å². The fourth-order valence-electron chi connectivity index (χ4n) is 4.36. The summed E-state index contributed by atoms with van der Waals surface area (Å²) < 4.78 is 11.6. The van der Waals surface area contributed by atoms with Crippen molar-refractivity contribution in [1.29, 1.82) is 0 Å². The van der Waals surface area contributed by atoms with Crippen molar-refractivity contribution in [1.82, 2.24) is 9.80 Å². The smallest absolute Gasteiger partial charge is 0.355 e. The number of carbonyl (C=O) groups excluding carboxylic acids is 4. The van der Waals surface area contributed by atoms with Gasteiger partial charge in [0.05, 0.1) is 33.1 Å². The lowest BCUT2D eigenvalue weighted by Crippen LogP contribution is -2.65. The fraction of sp³-hybridized carbons (Fsp3) is 0.419. The topological polar surface area (TPSA) is 93.2 Å². The van der Waals surface area contributed by atoms with E-state index in [1.54, 1.807) is 51.1 Å². The Morgan fingerprint density at radius 2 is 1.52 bits per heavy atom. The van der Waals surface area contributed by atoms with E-state index in [4.69, 9.17) is 9.47 Å². The number of amides is 3. The molecule has 2 aliphatic rings. The largest absolute Gasteiger partial charge is 0.455 e. The molecule has 0 bridgehead atoms. The van der Waals surface area contributed by atoms with E-state index in [-0.39, 0.29) is 23.4 Å². The first kappa shape index (κ1) is 29.4. The number of likely N-dealkylation sites (tertiary alicyclic amines) is 1. The van der Waals surface area contributed by atoms with Crippen LogP contribution in [0.1, 0.15) is 73.4 Å². The van der Waals surface area contributed by atoms with Crippen LogP contribution >= 0.6 is 0 Å². The Morgan fingerprint density at radius 1 is 0.950 bits per heavy atom. The van der Waals surface area contributed by atoms with Gasteiger partial charge >= 0.3 is 5.97 Å². The standard InChI is InChI=1S/C31H38N2O6Si/c1-30(2,3)39-29(37)24(16-20-12-14-21(15-13-20)18-38-19-40(7)31(4,5)6)32-17-25(28(32)36)33-26(34)22-10-8-9-11-23(22)27(33)35/h8-16,25,40H,17-19H2,1-7H3/b24-16+/t25-,40?/m0/s1. The number of benzene rings is 2. The average molecular weight is 563 g/mol. The molecule has 4 rings (SSSR count). The normalized spacial score (nSPS) is 18.5. The Balaban J connectivity index is 1.50. The third-order valence-corrected chi connectivity index (χ3v) is 11.0. The lowest BCUT2D eigenvalue weighted by Gasteiger charge is -2.42. The molecule has 1 fully saturated rings. The number of hydrogen-bond acceptors (Lipinski definition) is 6. The summed E-state index contributed by atoms with van der Waals surface area (Å²) in [6.45, 7) is 14.8. The highest BCUT2D eigenvalue weighted by molar-refractivity contribution is 6.60. The van der Waals surface area contributed by atoms with Crippen molar-refractivity contribution in [2.75, 3.05) is 12.8 Å². The van der Waals surface area contributed by atoms with Crippen molar-refractivity contribution in [2.45, 2.75) is 71.4 Å². The summed E-state index contributed by atoms with van der Waals surface area (Å²) >= 11 is 0. The lowest BCUT2D eigenvalue weighted by atomic mass is 10.0. The fourth-order valence-corrected chi connectivity index (χ4v) is 5.33. The molecule has 0 spiro atoms. The number of carbonyl (C=O) groups is 4. The zero-order valence-electron chi connectivity index (χ0n) is 24.3. The van der Waals surface area contributed by atoms with E-state index in [0.717, 1.165) is 16.7 Å². The van der Waals surface area contributed by atoms with E-state index in [2.05, 4.69) is 27.3 Å². The molecule has 0 N–H and O–H groups in total. The minimum absolute atomic E-state index is 0.0111. The molecule has 8 nitrogen and oxygen atoms in total. The van der Waals surface area contributed by atoms with Gasteiger partial charge in [0, 0.05) is 6.23 Å². The van der Waals surface area contributed by atoms with Crippen molar-refractivity contribution >= 4 is 38.6 Å². The second kappa shape index (κ2) is 11.1. The van der Waals surface area contributed by atoms with Gasteiger partial charge in [0.15, 0.2) is 0 Å². The maximum absolute atomic E-state index is 13.3. The molecule has 0 saturated carbocycles. The lowest BCUT2D eigenvalue weighted by molar-refractivity contribution is -0.158. The first-order chi connectivity index (χ1) is 18.7. The molecule has 2 aromatic carbocycles. The molecule has 2 aromatic rings. The van der Waals surface area contributed by atoms with Crippen LogP contribution in [-0.2, 0) is 25.7 Å². The molecule has 212 valence electrons. The SMILES string of the molecule is C[SiH](COCc1ccc(/C=C(\C(=O)OC(C)(C)C)N2C[C@H](N3C(=O)c4ccccc4C3=O)C2=O)cc1)C(C)(C)C. The first-order valence-electron chi connectivity index (χ1n) is 13.6. The maximum Gasteiger partial charge on any atom is 0.355 e. The highest BCUT2D eigenvalue weighted by Crippen LogP contribution is 2.32. The van der Waals surface area contributed by atoms with Gasteiger partial charge in [0.25, 0.3) is 17.7 Å². The van der Waals surface area contributed by atoms with E-state index >= 15 is 0 Å². The van der Waals surface area contributed by atoms with Crippen LogP contribution in [0.2, 0.25) is 11.6 Å². The van der Waals surface area contributed by atoms with Crippen molar-refractivity contribution in [3.05, 3.63) is 76.5 Å². The third kappa shape index (κ3) is 6.26. The second-order valence-electron chi connectivity index (χ2n) is 12.5. The van der Waals surface area contributed by atoms with Crippen LogP contribution in [0.4, 0.5) is 0 Å². The second-order valence-corrected chi connectivity index (χ2v) is 16.4. The van der Waals surface area contributed by atoms with E-state index < -0.39 is 44.1 Å². The van der Waals surface area contributed by atoms with Crippen molar-refractivity contribution in [3.63, 3.8) is 0 Å². The van der Waals surface area contributed by atoms with Crippen LogP contribution in [0.25, 0.3) is 6.08 Å². The third-order valence-electron chi connectivity index (χ3n) is 7.34. The summed E-state index contributed by atoms with van der Waals surface area (Å²) in [5, 5.41) is 0.305. The zero-order valence-corrected chi connectivity index (χ0v) is 25.5. The average Bonchev–Trinajstić information content (AvgIpc) is 3.12. The van der Waals surface area contributed by atoms with Gasteiger partial charge in [-0.15, -0.1) is 0 Å². The molecule has 2 aliphatic heterocycles. The number of imide groups is 1. The van der Waals surface area contributed by atoms with Crippen molar-refractivity contribution < 1.29 is 28.7 Å². The molecule has 40 heavy (non-hydrogen) atoms. The molecule has 9 heteroatoms. The molecule has 2 heterocycles. The van der Waals surface area contributed by atoms with Gasteiger partial charge in [-0.25, -0.2) is 4.79 Å². The molecule has 0 aliphatic carbocycles. The number of fused-ring (bicyclic) bond motifs is 1. The van der Waals surface area contributed by atoms with Gasteiger partial charge in [0.2, 0.25) is 0 Å². The first-order valence-corrected chi connectivity index (χ1v) is 16.1. The number of ether oxygens (including phenoxy) is 2. The van der Waals surface area contributed by atoms with Crippen molar-refractivity contribution in [2.24, 2.45) is 0 Å². The van der Waals surface area contributed by atoms with Crippen LogP contribution in [-0.4, -0.2) is 66.7 Å². The van der Waals surface area contributed by atoms with Crippen LogP contribution in [0.5, 0.6) is 0 Å². The Labute approximate surface area is 237 Å². The summed E-state index contributed by atoms with van der Waals surface area (Å²) in [6, 6.07) is 13.1. The molecule has 3 amide bonds. The molecule has 1 saturated heterocycles. The number of rotatable bonds is 8. The summed E-state index contributed by atoms with van der Waals surface area (Å²) in [5.41, 5.74) is 1.56. The number of esters is 1. The number of β-lactam (4-membered cyclic amide) rings is 1. The molecular weight excluding hydrogens is 524 g/mol. The highest BCUT2D eigenvalue weighted by atomic mass is 28.3. The summed E-state index contributed by atoms with van der Waals surface area (Å²) in [5.74, 6) is -2.17. The van der Waals surface area contributed by atoms with Crippen molar-refractivity contribution in [3.8, 4) is 0 Å². The minimum Gasteiger partial charge on any atom is -0.455 e. The van der Waals surface area contributed by atoms with Gasteiger partial charge in [-0.1, -0.05) is 63.7 Å². The Kier molecular flexibility index (Phi) is 8.19. The molecule has 1 unspecified atom stereocenters. The van der Waals surface area contributed by atoms with Crippen LogP contribution < -0.4 is 0 Å². The molecule has 0 radical (unpaired) electrons. The summed E-state index contributed by atoms with van der Waals surface area (Å²) in [6.07, 6.45) is 2.39. The van der Waals surface area contributed by atoms with Gasteiger partial charge < -0.3 is 14.4 Å². The zero-order chi connectivity index (χ0) is 29.4. The molecular formula is C31H38N2O6Si. The van der Waals surface area contributed by atoms with Gasteiger partial charge in [-0.05, 0) is 55.1 Å². The van der Waals surface area contributed by atoms with Crippen LogP contribution in [0.15, 0.2) is 54.2 Å². The van der Waals surface area contributed by atoms with Crippen LogP contribution in [0.3, 0.4) is 0 Å². The van der Waals surface area contributed by atoms with Gasteiger partial charge in [-0.2, -0.15) is 0 Å². The minimum atomic E-state index is -1.01. The maximum atomic E-state index is 13.3. The molecule has 0 aromatic heterocycles. The Morgan fingerprint density at radius 3 is 2.02 bits per heavy atom. The van der Waals surface area contributed by atoms with E-state index in [1.807, 2.05) is 24.3 Å². The van der Waals surface area contributed by atoms with E-state index in [0.29, 0.717) is 17.2 Å². The number of hydrogen-bond donors (Lipinski definition) is 0. The number of nitrogens with zero attached hydrogens (tertiary/aromatic N) is 2. The summed E-state index contributed by atoms with van der Waals surface area (Å²) in [4.78, 5) is 54.5.